The number of anilines is 1. The van der Waals surface area contributed by atoms with Crippen LogP contribution in [0, 0.1) is 20.8 Å². The average molecular weight is 486 g/mol. The number of nitrogens with zero attached hydrogens (tertiary/aromatic N) is 6. The van der Waals surface area contributed by atoms with Gasteiger partial charge in [0.15, 0.2) is 5.82 Å². The number of nitrogens with one attached hydrogen (secondary N) is 1. The first-order valence-corrected chi connectivity index (χ1v) is 12.6. The second-order valence-corrected chi connectivity index (χ2v) is 10.9. The van der Waals surface area contributed by atoms with Crippen molar-refractivity contribution in [2.75, 3.05) is 31.1 Å². The molecule has 1 atom stereocenters. The van der Waals surface area contributed by atoms with Gasteiger partial charge in [0.2, 0.25) is 0 Å². The zero-order valence-corrected chi connectivity index (χ0v) is 22.0. The lowest BCUT2D eigenvalue weighted by Gasteiger charge is -2.40. The molecule has 1 fully saturated rings. The van der Waals surface area contributed by atoms with E-state index in [4.69, 9.17) is 0 Å². The van der Waals surface area contributed by atoms with Gasteiger partial charge in [-0.1, -0.05) is 30.3 Å². The van der Waals surface area contributed by atoms with Crippen molar-refractivity contribution in [3.8, 4) is 0 Å². The minimum absolute atomic E-state index is 0.0952. The molecule has 188 valence electrons. The number of aromatic nitrogens is 5. The highest BCUT2D eigenvalue weighted by Crippen LogP contribution is 2.32. The molecule has 1 aliphatic heterocycles. The van der Waals surface area contributed by atoms with Crippen molar-refractivity contribution in [1.82, 2.24) is 30.1 Å². The molecule has 0 bridgehead atoms. The smallest absolute Gasteiger partial charge is 0.253 e. The SMILES string of the molecule is Cc1cccc(N2CCN([C@@H](c3cc4cccc(C)c4[nH]c3=O)c3nnnn3C(C)(C)C)CC2)c1C. The number of H-pyrrole nitrogens is 1. The molecule has 0 saturated carbocycles. The van der Waals surface area contributed by atoms with Gasteiger partial charge < -0.3 is 9.88 Å². The fourth-order valence-corrected chi connectivity index (χ4v) is 5.24. The van der Waals surface area contributed by atoms with Gasteiger partial charge in [-0.25, -0.2) is 4.68 Å². The molecule has 1 aliphatic rings. The summed E-state index contributed by atoms with van der Waals surface area (Å²) in [5.41, 5.74) is 6.09. The summed E-state index contributed by atoms with van der Waals surface area (Å²) in [4.78, 5) is 21.5. The predicted octanol–water partition coefficient (Wildman–Crippen LogP) is 4.11. The van der Waals surface area contributed by atoms with Crippen molar-refractivity contribution in [1.29, 1.82) is 0 Å². The minimum atomic E-state index is -0.353. The summed E-state index contributed by atoms with van der Waals surface area (Å²) in [5.74, 6) is 0.695. The van der Waals surface area contributed by atoms with Gasteiger partial charge in [0.1, 0.15) is 6.04 Å². The lowest BCUT2D eigenvalue weighted by molar-refractivity contribution is 0.190. The van der Waals surface area contributed by atoms with Gasteiger partial charge in [0.05, 0.1) is 11.1 Å². The molecule has 3 heterocycles. The fraction of sp³-hybridized carbons (Fsp3) is 0.429. The Morgan fingerprint density at radius 1 is 0.944 bits per heavy atom. The van der Waals surface area contributed by atoms with Crippen LogP contribution in [0.5, 0.6) is 0 Å². The van der Waals surface area contributed by atoms with E-state index < -0.39 is 0 Å². The summed E-state index contributed by atoms with van der Waals surface area (Å²) >= 11 is 0. The van der Waals surface area contributed by atoms with Crippen LogP contribution in [0.25, 0.3) is 10.9 Å². The number of tetrazole rings is 1. The molecule has 8 heteroatoms. The number of aromatic amines is 1. The Labute approximate surface area is 211 Å². The largest absolute Gasteiger partial charge is 0.369 e. The van der Waals surface area contributed by atoms with Crippen LogP contribution < -0.4 is 10.5 Å². The predicted molar refractivity (Wildman–Crippen MR) is 144 cm³/mol. The van der Waals surface area contributed by atoms with Gasteiger partial charge in [-0.15, -0.1) is 5.10 Å². The lowest BCUT2D eigenvalue weighted by Crippen LogP contribution is -2.49. The number of aryl methyl sites for hydroxylation is 2. The quantitative estimate of drug-likeness (QED) is 0.469. The number of benzene rings is 2. The molecule has 2 aromatic carbocycles. The van der Waals surface area contributed by atoms with E-state index in [2.05, 4.69) is 83.1 Å². The Hall–Kier alpha value is -3.52. The van der Waals surface area contributed by atoms with Crippen molar-refractivity contribution in [2.24, 2.45) is 0 Å². The van der Waals surface area contributed by atoms with Crippen LogP contribution in [0.15, 0.2) is 47.3 Å². The van der Waals surface area contributed by atoms with Crippen molar-refractivity contribution in [3.05, 3.63) is 80.9 Å². The molecule has 8 nitrogen and oxygen atoms in total. The summed E-state index contributed by atoms with van der Waals surface area (Å²) < 4.78 is 1.86. The normalized spacial score (nSPS) is 16.0. The van der Waals surface area contributed by atoms with E-state index in [9.17, 15) is 4.79 Å². The second kappa shape index (κ2) is 9.17. The zero-order valence-electron chi connectivity index (χ0n) is 22.0. The summed E-state index contributed by atoms with van der Waals surface area (Å²) in [7, 11) is 0. The Morgan fingerprint density at radius 2 is 1.64 bits per heavy atom. The highest BCUT2D eigenvalue weighted by Gasteiger charge is 2.35. The van der Waals surface area contributed by atoms with E-state index in [1.165, 1.54) is 16.8 Å². The third kappa shape index (κ3) is 4.30. The van der Waals surface area contributed by atoms with Crippen molar-refractivity contribution < 1.29 is 0 Å². The van der Waals surface area contributed by atoms with Crippen molar-refractivity contribution >= 4 is 16.6 Å². The van der Waals surface area contributed by atoms with E-state index in [0.717, 1.165) is 42.6 Å². The number of rotatable bonds is 4. The topological polar surface area (TPSA) is 82.9 Å². The maximum atomic E-state index is 13.5. The summed E-state index contributed by atoms with van der Waals surface area (Å²) in [5, 5.41) is 13.8. The van der Waals surface area contributed by atoms with Crippen molar-refractivity contribution in [3.63, 3.8) is 0 Å². The van der Waals surface area contributed by atoms with E-state index in [0.29, 0.717) is 11.4 Å². The van der Waals surface area contributed by atoms with Gasteiger partial charge >= 0.3 is 0 Å². The van der Waals surface area contributed by atoms with Crippen LogP contribution in [0.1, 0.15) is 54.9 Å². The molecule has 2 aromatic heterocycles. The molecule has 0 unspecified atom stereocenters. The highest BCUT2D eigenvalue weighted by atomic mass is 16.1. The zero-order chi connectivity index (χ0) is 25.6. The first kappa shape index (κ1) is 24.2. The molecule has 0 radical (unpaired) electrons. The number of hydrogen-bond donors (Lipinski definition) is 1. The lowest BCUT2D eigenvalue weighted by atomic mass is 10.00. The maximum Gasteiger partial charge on any atom is 0.253 e. The molecule has 4 aromatic rings. The minimum Gasteiger partial charge on any atom is -0.369 e. The first-order valence-electron chi connectivity index (χ1n) is 12.6. The summed E-state index contributed by atoms with van der Waals surface area (Å²) in [6, 6.07) is 14.2. The third-order valence-corrected chi connectivity index (χ3v) is 7.38. The third-order valence-electron chi connectivity index (χ3n) is 7.38. The van der Waals surface area contributed by atoms with Gasteiger partial charge in [0.25, 0.3) is 5.56 Å². The molecule has 0 amide bonds. The maximum absolute atomic E-state index is 13.5. The van der Waals surface area contributed by atoms with Crippen LogP contribution in [0.2, 0.25) is 0 Å². The monoisotopic (exact) mass is 485 g/mol. The number of para-hydroxylation sites is 1. The molecule has 1 saturated heterocycles. The Balaban J connectivity index is 1.56. The summed E-state index contributed by atoms with van der Waals surface area (Å²) in [6.45, 7) is 15.9. The molecular weight excluding hydrogens is 450 g/mol. The van der Waals surface area contributed by atoms with Gasteiger partial charge in [-0.2, -0.15) is 0 Å². The first-order chi connectivity index (χ1) is 17.1. The molecule has 5 rings (SSSR count). The average Bonchev–Trinajstić information content (AvgIpc) is 3.33. The number of fused-ring (bicyclic) bond motifs is 1. The van der Waals surface area contributed by atoms with Crippen LogP contribution >= 0.6 is 0 Å². The Bertz CT molecular complexity index is 1460. The molecule has 0 spiro atoms. The van der Waals surface area contributed by atoms with E-state index in [1.807, 2.05) is 35.9 Å². The van der Waals surface area contributed by atoms with Crippen LogP contribution in [0.4, 0.5) is 5.69 Å². The van der Waals surface area contributed by atoms with Gasteiger partial charge in [0, 0.05) is 37.4 Å². The second-order valence-electron chi connectivity index (χ2n) is 10.9. The van der Waals surface area contributed by atoms with Crippen LogP contribution in [-0.2, 0) is 5.54 Å². The van der Waals surface area contributed by atoms with E-state index >= 15 is 0 Å². The van der Waals surface area contributed by atoms with E-state index in [-0.39, 0.29) is 17.1 Å². The number of hydrogen-bond acceptors (Lipinski definition) is 6. The van der Waals surface area contributed by atoms with Crippen LogP contribution in [0.3, 0.4) is 0 Å². The number of pyridine rings is 1. The van der Waals surface area contributed by atoms with Crippen LogP contribution in [-0.4, -0.2) is 56.3 Å². The molecular formula is C28H35N7O. The molecule has 0 aliphatic carbocycles. The van der Waals surface area contributed by atoms with Gasteiger partial charge in [-0.3, -0.25) is 9.69 Å². The Morgan fingerprint density at radius 3 is 2.36 bits per heavy atom. The van der Waals surface area contributed by atoms with Crippen molar-refractivity contribution in [2.45, 2.75) is 53.1 Å². The summed E-state index contributed by atoms with van der Waals surface area (Å²) in [6.07, 6.45) is 0. The molecule has 36 heavy (non-hydrogen) atoms. The Kier molecular flexibility index (Phi) is 6.16. The number of piperazine rings is 1. The molecule has 1 N–H and O–H groups in total. The highest BCUT2D eigenvalue weighted by molar-refractivity contribution is 5.82. The van der Waals surface area contributed by atoms with Gasteiger partial charge in [-0.05, 0) is 86.2 Å². The standard InChI is InChI=1S/C28H35N7O/c1-18-9-8-12-23(20(18)3)33-13-15-34(16-14-33)25(26-30-31-32-35(26)28(4,5)6)22-17-21-11-7-10-19(2)24(21)29-27(22)36/h7-12,17,25H,13-16H2,1-6H3,(H,29,36)/t25-/m0/s1. The van der Waals surface area contributed by atoms with E-state index in [1.54, 1.807) is 0 Å². The fourth-order valence-electron chi connectivity index (χ4n) is 5.24.